The van der Waals surface area contributed by atoms with E-state index in [1.54, 1.807) is 18.2 Å². The molecule has 0 spiro atoms. The van der Waals surface area contributed by atoms with Crippen LogP contribution in [0.3, 0.4) is 0 Å². The molecule has 0 aliphatic carbocycles. The number of thiophene rings is 1. The van der Waals surface area contributed by atoms with Crippen molar-refractivity contribution in [2.75, 3.05) is 25.5 Å². The summed E-state index contributed by atoms with van der Waals surface area (Å²) in [5.41, 5.74) is 3.32. The van der Waals surface area contributed by atoms with Gasteiger partial charge in [0, 0.05) is 42.7 Å². The van der Waals surface area contributed by atoms with Crippen LogP contribution >= 0.6 is 11.3 Å². The summed E-state index contributed by atoms with van der Waals surface area (Å²) in [5.74, 6) is 0.541. The molecule has 9 heteroatoms. The zero-order chi connectivity index (χ0) is 25.5. The van der Waals surface area contributed by atoms with Gasteiger partial charge < -0.3 is 20.3 Å². The zero-order valence-electron chi connectivity index (χ0n) is 20.4. The minimum absolute atomic E-state index is 0.0495. The minimum atomic E-state index is -0.160. The van der Waals surface area contributed by atoms with E-state index in [-0.39, 0.29) is 24.3 Å². The lowest BCUT2D eigenvalue weighted by Gasteiger charge is -2.27. The van der Waals surface area contributed by atoms with Crippen molar-refractivity contribution in [3.63, 3.8) is 0 Å². The Bertz CT molecular complexity index is 1270. The molecule has 1 aliphatic rings. The molecule has 0 bridgehead atoms. The molecule has 0 unspecified atom stereocenters. The van der Waals surface area contributed by atoms with Crippen molar-refractivity contribution in [3.8, 4) is 11.8 Å². The Balaban J connectivity index is 1.36. The summed E-state index contributed by atoms with van der Waals surface area (Å²) in [6.07, 6.45) is 3.24. The molecule has 3 aromatic rings. The van der Waals surface area contributed by atoms with Gasteiger partial charge in [0.05, 0.1) is 19.2 Å². The van der Waals surface area contributed by atoms with Crippen LogP contribution in [-0.4, -0.2) is 42.0 Å². The Morgan fingerprint density at radius 3 is 2.81 bits per heavy atom. The third kappa shape index (κ3) is 5.83. The van der Waals surface area contributed by atoms with Gasteiger partial charge in [-0.15, -0.1) is 11.3 Å². The molecule has 3 amide bonds. The molecule has 186 valence electrons. The number of urea groups is 1. The summed E-state index contributed by atoms with van der Waals surface area (Å²) >= 11 is 1.38. The van der Waals surface area contributed by atoms with E-state index in [4.69, 9.17) is 4.74 Å². The Hall–Kier alpha value is -3.90. The van der Waals surface area contributed by atoms with Crippen LogP contribution in [0.25, 0.3) is 0 Å². The van der Waals surface area contributed by atoms with Crippen LogP contribution in [0.2, 0.25) is 0 Å². The number of nitrogens with one attached hydrogen (secondary N) is 2. The normalized spacial score (nSPS) is 13.3. The number of carbonyl (C=O) groups is 2. The van der Waals surface area contributed by atoms with E-state index in [2.05, 4.69) is 21.7 Å². The van der Waals surface area contributed by atoms with Gasteiger partial charge in [0.25, 0.3) is 0 Å². The van der Waals surface area contributed by atoms with Crippen LogP contribution in [0.5, 0.6) is 5.75 Å². The molecule has 2 aromatic heterocycles. The number of pyridine rings is 1. The van der Waals surface area contributed by atoms with Gasteiger partial charge in [0.1, 0.15) is 16.8 Å². The molecule has 36 heavy (non-hydrogen) atoms. The van der Waals surface area contributed by atoms with Gasteiger partial charge in [-0.2, -0.15) is 5.26 Å². The number of ether oxygens (including phenoxy) is 1. The van der Waals surface area contributed by atoms with E-state index in [1.165, 1.54) is 11.3 Å². The number of nitriles is 1. The standard InChI is InChI=1S/C27H29N5O3S/c1-18(20-8-3-4-9-23(20)35-2)15-25(33)31-26-22(16-28)21-11-14-32(17-24(21)36-26)27(34)30-13-10-19-7-5-6-12-29-19/h3-9,12,18H,10-11,13-15,17H2,1-2H3,(H,30,34)(H,31,33)/t18-/m0/s1. The summed E-state index contributed by atoms with van der Waals surface area (Å²) in [6.45, 7) is 3.41. The van der Waals surface area contributed by atoms with Crippen LogP contribution in [0.4, 0.5) is 9.80 Å². The van der Waals surface area contributed by atoms with E-state index in [0.29, 0.717) is 43.0 Å². The molecule has 8 nitrogen and oxygen atoms in total. The smallest absolute Gasteiger partial charge is 0.317 e. The maximum atomic E-state index is 12.9. The highest BCUT2D eigenvalue weighted by Crippen LogP contribution is 2.37. The molecule has 1 atom stereocenters. The van der Waals surface area contributed by atoms with Crippen LogP contribution in [0, 0.1) is 11.3 Å². The lowest BCUT2D eigenvalue weighted by Crippen LogP contribution is -2.43. The monoisotopic (exact) mass is 503 g/mol. The van der Waals surface area contributed by atoms with Gasteiger partial charge >= 0.3 is 6.03 Å². The molecule has 4 rings (SSSR count). The van der Waals surface area contributed by atoms with E-state index in [1.807, 2.05) is 49.4 Å². The molecule has 1 aliphatic heterocycles. The zero-order valence-corrected chi connectivity index (χ0v) is 21.2. The molecule has 2 N–H and O–H groups in total. The van der Waals surface area contributed by atoms with E-state index >= 15 is 0 Å². The van der Waals surface area contributed by atoms with Gasteiger partial charge in [-0.05, 0) is 41.7 Å². The SMILES string of the molecule is COc1ccccc1[C@@H](C)CC(=O)Nc1sc2c(c1C#N)CCN(C(=O)NCCc1ccccn1)C2. The molecule has 0 saturated carbocycles. The second-order valence-corrected chi connectivity index (χ2v) is 9.79. The van der Waals surface area contributed by atoms with Gasteiger partial charge in [-0.1, -0.05) is 31.2 Å². The van der Waals surface area contributed by atoms with Crippen molar-refractivity contribution in [1.29, 1.82) is 5.26 Å². The molecule has 3 heterocycles. The first-order valence-electron chi connectivity index (χ1n) is 11.9. The third-order valence-electron chi connectivity index (χ3n) is 6.25. The van der Waals surface area contributed by atoms with Crippen LogP contribution in [0.15, 0.2) is 48.7 Å². The fourth-order valence-corrected chi connectivity index (χ4v) is 5.61. The van der Waals surface area contributed by atoms with E-state index in [9.17, 15) is 14.9 Å². The van der Waals surface area contributed by atoms with Crippen molar-refractivity contribution in [2.45, 2.75) is 38.6 Å². The number of fused-ring (bicyclic) bond motifs is 1. The molecular formula is C27H29N5O3S. The van der Waals surface area contributed by atoms with E-state index < -0.39 is 0 Å². The van der Waals surface area contributed by atoms with Gasteiger partial charge in [0.15, 0.2) is 0 Å². The average Bonchev–Trinajstić information content (AvgIpc) is 3.24. The summed E-state index contributed by atoms with van der Waals surface area (Å²) in [5, 5.41) is 16.2. The molecular weight excluding hydrogens is 474 g/mol. The topological polar surface area (TPSA) is 107 Å². The number of benzene rings is 1. The fourth-order valence-electron chi connectivity index (χ4n) is 4.38. The molecule has 1 aromatic carbocycles. The number of anilines is 1. The largest absolute Gasteiger partial charge is 0.496 e. The second-order valence-electron chi connectivity index (χ2n) is 8.69. The number of amides is 3. The summed E-state index contributed by atoms with van der Waals surface area (Å²) in [7, 11) is 1.62. The van der Waals surface area contributed by atoms with Gasteiger partial charge in [-0.3, -0.25) is 9.78 Å². The first-order chi connectivity index (χ1) is 17.5. The van der Waals surface area contributed by atoms with Gasteiger partial charge in [-0.25, -0.2) is 4.79 Å². The number of aromatic nitrogens is 1. The van der Waals surface area contributed by atoms with Crippen LogP contribution in [-0.2, 0) is 24.2 Å². The summed E-state index contributed by atoms with van der Waals surface area (Å²) < 4.78 is 5.42. The highest BCUT2D eigenvalue weighted by Gasteiger charge is 2.28. The number of nitrogens with zero attached hydrogens (tertiary/aromatic N) is 3. The minimum Gasteiger partial charge on any atom is -0.496 e. The maximum absolute atomic E-state index is 12.9. The Morgan fingerprint density at radius 2 is 2.06 bits per heavy atom. The Morgan fingerprint density at radius 1 is 1.25 bits per heavy atom. The predicted molar refractivity (Wildman–Crippen MR) is 139 cm³/mol. The van der Waals surface area contributed by atoms with Crippen molar-refractivity contribution < 1.29 is 14.3 Å². The lowest BCUT2D eigenvalue weighted by atomic mass is 9.96. The highest BCUT2D eigenvalue weighted by molar-refractivity contribution is 7.16. The first-order valence-corrected chi connectivity index (χ1v) is 12.7. The Kier molecular flexibility index (Phi) is 8.18. The number of hydrogen-bond donors (Lipinski definition) is 2. The van der Waals surface area contributed by atoms with Crippen molar-refractivity contribution in [2.24, 2.45) is 0 Å². The highest BCUT2D eigenvalue weighted by atomic mass is 32.1. The maximum Gasteiger partial charge on any atom is 0.317 e. The van der Waals surface area contributed by atoms with Crippen molar-refractivity contribution >= 4 is 28.3 Å². The van der Waals surface area contributed by atoms with Gasteiger partial charge in [0.2, 0.25) is 5.91 Å². The quantitative estimate of drug-likeness (QED) is 0.472. The van der Waals surface area contributed by atoms with Crippen LogP contribution < -0.4 is 15.4 Å². The number of carbonyl (C=O) groups excluding carboxylic acids is 2. The second kappa shape index (κ2) is 11.7. The fraction of sp³-hybridized carbons (Fsp3) is 0.333. The molecule has 0 saturated heterocycles. The molecule has 0 fully saturated rings. The third-order valence-corrected chi connectivity index (χ3v) is 7.39. The van der Waals surface area contributed by atoms with E-state index in [0.717, 1.165) is 27.4 Å². The van der Waals surface area contributed by atoms with Crippen LogP contribution in [0.1, 0.15) is 46.5 Å². The summed E-state index contributed by atoms with van der Waals surface area (Å²) in [4.78, 5) is 32.5. The predicted octanol–water partition coefficient (Wildman–Crippen LogP) is 4.47. The number of methoxy groups -OCH3 is 1. The number of rotatable bonds is 8. The number of para-hydroxylation sites is 1. The lowest BCUT2D eigenvalue weighted by molar-refractivity contribution is -0.116. The van der Waals surface area contributed by atoms with Crippen molar-refractivity contribution in [3.05, 3.63) is 75.9 Å². The Labute approximate surface area is 214 Å². The summed E-state index contributed by atoms with van der Waals surface area (Å²) in [6, 6.07) is 15.5. The van der Waals surface area contributed by atoms with Crippen molar-refractivity contribution in [1.82, 2.24) is 15.2 Å². The average molecular weight is 504 g/mol. The number of hydrogen-bond acceptors (Lipinski definition) is 6. The first kappa shape index (κ1) is 25.2. The molecule has 0 radical (unpaired) electrons.